The fraction of sp³-hybridized carbons (Fsp3) is 0.250. The highest BCUT2D eigenvalue weighted by molar-refractivity contribution is 7.13. The van der Waals surface area contributed by atoms with Crippen LogP contribution in [-0.4, -0.2) is 54.3 Å². The molecule has 3 aromatic rings. The van der Waals surface area contributed by atoms with Crippen LogP contribution in [0.4, 0.5) is 5.82 Å². The van der Waals surface area contributed by atoms with Crippen LogP contribution >= 0.6 is 11.3 Å². The van der Waals surface area contributed by atoms with Gasteiger partial charge in [0.1, 0.15) is 11.4 Å². The number of benzene rings is 1. The van der Waals surface area contributed by atoms with Gasteiger partial charge in [-0.15, -0.1) is 21.5 Å². The lowest BCUT2D eigenvalue weighted by atomic mass is 10.1. The number of carbonyl (C=O) groups excluding carboxylic acids is 1. The number of hydrogen-bond acceptors (Lipinski definition) is 6. The van der Waals surface area contributed by atoms with Crippen molar-refractivity contribution in [1.29, 1.82) is 0 Å². The van der Waals surface area contributed by atoms with E-state index in [1.807, 2.05) is 58.8 Å². The van der Waals surface area contributed by atoms with E-state index < -0.39 is 0 Å². The summed E-state index contributed by atoms with van der Waals surface area (Å²) >= 11 is 1.65. The maximum atomic E-state index is 12.7. The first-order valence-corrected chi connectivity index (χ1v) is 9.68. The summed E-state index contributed by atoms with van der Waals surface area (Å²) in [6, 6.07) is 15.3. The maximum absolute atomic E-state index is 12.7. The van der Waals surface area contributed by atoms with Gasteiger partial charge in [-0.3, -0.25) is 4.79 Å². The number of anilines is 1. The van der Waals surface area contributed by atoms with Gasteiger partial charge in [-0.2, -0.15) is 0 Å². The van der Waals surface area contributed by atoms with E-state index in [1.165, 1.54) is 0 Å². The van der Waals surface area contributed by atoms with E-state index in [0.29, 0.717) is 18.7 Å². The second-order valence-corrected chi connectivity index (χ2v) is 7.21. The Kier molecular flexibility index (Phi) is 5.02. The molecule has 1 aromatic carbocycles. The molecule has 0 aliphatic carbocycles. The maximum Gasteiger partial charge on any atom is 0.253 e. The first-order chi connectivity index (χ1) is 13.2. The number of rotatable bonds is 4. The Morgan fingerprint density at radius 1 is 1.00 bits per heavy atom. The van der Waals surface area contributed by atoms with Crippen molar-refractivity contribution in [3.8, 4) is 16.3 Å². The molecule has 2 aromatic heterocycles. The average Bonchev–Trinajstić information content (AvgIpc) is 3.28. The Hall–Kier alpha value is -2.93. The van der Waals surface area contributed by atoms with E-state index in [-0.39, 0.29) is 5.91 Å². The molecule has 27 heavy (non-hydrogen) atoms. The van der Waals surface area contributed by atoms with Crippen molar-refractivity contribution in [2.45, 2.75) is 0 Å². The highest BCUT2D eigenvalue weighted by atomic mass is 32.1. The van der Waals surface area contributed by atoms with Crippen LogP contribution in [0.25, 0.3) is 10.6 Å². The number of piperazine rings is 1. The van der Waals surface area contributed by atoms with Gasteiger partial charge >= 0.3 is 0 Å². The molecule has 0 saturated carbocycles. The summed E-state index contributed by atoms with van der Waals surface area (Å²) in [6.07, 6.45) is 0. The molecule has 0 atom stereocenters. The SMILES string of the molecule is COc1ccc(C(=O)N2CCN(c3ccc(-c4cccs4)nn3)CC2)cc1. The molecule has 1 aliphatic rings. The van der Waals surface area contributed by atoms with Gasteiger partial charge in [0, 0.05) is 31.7 Å². The van der Waals surface area contributed by atoms with Crippen LogP contribution in [0.5, 0.6) is 5.75 Å². The standard InChI is InChI=1S/C20H20N4O2S/c1-26-16-6-4-15(5-7-16)20(25)24-12-10-23(11-13-24)19-9-8-17(21-22-19)18-3-2-14-27-18/h2-9,14H,10-13H2,1H3. The zero-order chi connectivity index (χ0) is 18.6. The van der Waals surface area contributed by atoms with E-state index in [2.05, 4.69) is 15.1 Å². The molecule has 1 saturated heterocycles. The molecule has 0 bridgehead atoms. The Labute approximate surface area is 162 Å². The van der Waals surface area contributed by atoms with Crippen LogP contribution in [0.15, 0.2) is 53.9 Å². The van der Waals surface area contributed by atoms with Gasteiger partial charge in [0.15, 0.2) is 5.82 Å². The lowest BCUT2D eigenvalue weighted by Crippen LogP contribution is -2.49. The number of nitrogens with zero attached hydrogens (tertiary/aromatic N) is 4. The van der Waals surface area contributed by atoms with Crippen molar-refractivity contribution in [3.05, 3.63) is 59.5 Å². The number of ether oxygens (including phenoxy) is 1. The van der Waals surface area contributed by atoms with Gasteiger partial charge in [0.05, 0.1) is 12.0 Å². The van der Waals surface area contributed by atoms with E-state index in [9.17, 15) is 4.79 Å². The fourth-order valence-electron chi connectivity index (χ4n) is 3.10. The number of thiophene rings is 1. The molecule has 0 radical (unpaired) electrons. The highest BCUT2D eigenvalue weighted by Gasteiger charge is 2.23. The van der Waals surface area contributed by atoms with Crippen LogP contribution < -0.4 is 9.64 Å². The molecule has 138 valence electrons. The summed E-state index contributed by atoms with van der Waals surface area (Å²) in [7, 11) is 1.62. The summed E-state index contributed by atoms with van der Waals surface area (Å²) in [6.45, 7) is 2.82. The fourth-order valence-corrected chi connectivity index (χ4v) is 3.79. The zero-order valence-corrected chi connectivity index (χ0v) is 15.9. The number of carbonyl (C=O) groups is 1. The Morgan fingerprint density at radius 2 is 1.78 bits per heavy atom. The Bertz CT molecular complexity index is 887. The van der Waals surface area contributed by atoms with Crippen molar-refractivity contribution in [3.63, 3.8) is 0 Å². The average molecular weight is 380 g/mol. The molecular weight excluding hydrogens is 360 g/mol. The predicted octanol–water partition coefficient (Wildman–Crippen LogP) is 3.18. The Balaban J connectivity index is 1.37. The van der Waals surface area contributed by atoms with Crippen molar-refractivity contribution in [2.75, 3.05) is 38.2 Å². The topological polar surface area (TPSA) is 58.6 Å². The molecular formula is C20H20N4O2S. The minimum Gasteiger partial charge on any atom is -0.497 e. The lowest BCUT2D eigenvalue weighted by Gasteiger charge is -2.35. The van der Waals surface area contributed by atoms with Crippen molar-refractivity contribution in [2.24, 2.45) is 0 Å². The van der Waals surface area contributed by atoms with Crippen LogP contribution in [0, 0.1) is 0 Å². The molecule has 0 spiro atoms. The highest BCUT2D eigenvalue weighted by Crippen LogP contribution is 2.23. The smallest absolute Gasteiger partial charge is 0.253 e. The number of amides is 1. The summed E-state index contributed by atoms with van der Waals surface area (Å²) in [4.78, 5) is 17.8. The second-order valence-electron chi connectivity index (χ2n) is 6.26. The molecule has 6 nitrogen and oxygen atoms in total. The van der Waals surface area contributed by atoms with Crippen LogP contribution in [0.1, 0.15) is 10.4 Å². The minimum atomic E-state index is 0.0523. The van der Waals surface area contributed by atoms with E-state index in [4.69, 9.17) is 4.74 Å². The molecule has 0 unspecified atom stereocenters. The molecule has 4 rings (SSSR count). The molecule has 1 amide bonds. The van der Waals surface area contributed by atoms with Crippen LogP contribution in [-0.2, 0) is 0 Å². The zero-order valence-electron chi connectivity index (χ0n) is 15.0. The molecule has 1 fully saturated rings. The molecule has 1 aliphatic heterocycles. The van der Waals surface area contributed by atoms with Gasteiger partial charge in [-0.1, -0.05) is 6.07 Å². The number of aromatic nitrogens is 2. The number of hydrogen-bond donors (Lipinski definition) is 0. The van der Waals surface area contributed by atoms with Crippen molar-refractivity contribution >= 4 is 23.1 Å². The minimum absolute atomic E-state index is 0.0523. The molecule has 3 heterocycles. The lowest BCUT2D eigenvalue weighted by molar-refractivity contribution is 0.0746. The van der Waals surface area contributed by atoms with Gasteiger partial charge < -0.3 is 14.5 Å². The summed E-state index contributed by atoms with van der Waals surface area (Å²) in [5.41, 5.74) is 1.58. The van der Waals surface area contributed by atoms with Crippen molar-refractivity contribution in [1.82, 2.24) is 15.1 Å². The predicted molar refractivity (Wildman–Crippen MR) is 106 cm³/mol. The summed E-state index contributed by atoms with van der Waals surface area (Å²) < 4.78 is 5.15. The largest absolute Gasteiger partial charge is 0.497 e. The van der Waals surface area contributed by atoms with Gasteiger partial charge in [0.2, 0.25) is 0 Å². The van der Waals surface area contributed by atoms with Gasteiger partial charge in [0.25, 0.3) is 5.91 Å². The Morgan fingerprint density at radius 3 is 2.37 bits per heavy atom. The third-order valence-electron chi connectivity index (χ3n) is 4.65. The number of methoxy groups -OCH3 is 1. The van der Waals surface area contributed by atoms with Gasteiger partial charge in [-0.05, 0) is 47.8 Å². The monoisotopic (exact) mass is 380 g/mol. The van der Waals surface area contributed by atoms with Crippen molar-refractivity contribution < 1.29 is 9.53 Å². The van der Waals surface area contributed by atoms with E-state index in [0.717, 1.165) is 35.2 Å². The van der Waals surface area contributed by atoms with E-state index >= 15 is 0 Å². The molecule has 7 heteroatoms. The quantitative estimate of drug-likeness (QED) is 0.696. The normalized spacial score (nSPS) is 14.3. The third kappa shape index (κ3) is 3.78. The van der Waals surface area contributed by atoms with Crippen LogP contribution in [0.2, 0.25) is 0 Å². The summed E-state index contributed by atoms with van der Waals surface area (Å²) in [5, 5.41) is 10.7. The first-order valence-electron chi connectivity index (χ1n) is 8.80. The second kappa shape index (κ2) is 7.75. The van der Waals surface area contributed by atoms with E-state index in [1.54, 1.807) is 18.4 Å². The third-order valence-corrected chi connectivity index (χ3v) is 5.54. The molecule has 0 N–H and O–H groups in total. The summed E-state index contributed by atoms with van der Waals surface area (Å²) in [5.74, 6) is 1.66. The van der Waals surface area contributed by atoms with Crippen LogP contribution in [0.3, 0.4) is 0 Å². The first kappa shape index (κ1) is 17.5. The van der Waals surface area contributed by atoms with Gasteiger partial charge in [-0.25, -0.2) is 0 Å².